The number of likely N-dealkylation sites (N-methyl/N-ethyl adjacent to an activating group) is 1. The number of hydrogen-bond donors (Lipinski definition) is 1. The summed E-state index contributed by atoms with van der Waals surface area (Å²) < 4.78 is 0. The number of benzene rings is 1. The summed E-state index contributed by atoms with van der Waals surface area (Å²) in [6, 6.07) is 7.23. The predicted octanol–water partition coefficient (Wildman–Crippen LogP) is 1.84. The molecule has 2 heterocycles. The van der Waals surface area contributed by atoms with Gasteiger partial charge in [0.25, 0.3) is 5.91 Å². The van der Waals surface area contributed by atoms with Crippen LogP contribution in [0, 0.1) is 12.8 Å². The number of piperazine rings is 1. The quantitative estimate of drug-likeness (QED) is 0.815. The number of aromatic nitrogens is 3. The van der Waals surface area contributed by atoms with Crippen LogP contribution in [-0.2, 0) is 0 Å². The SMILES string of the molecule is Cc1nn(-c2cccc(Cl)c2)nc1C(=O)NCC(C)CN1CCN(C)CC1. The molecule has 8 heteroatoms. The van der Waals surface area contributed by atoms with Crippen LogP contribution in [0.25, 0.3) is 5.69 Å². The molecule has 1 aromatic heterocycles. The minimum atomic E-state index is -0.189. The fourth-order valence-corrected chi connectivity index (χ4v) is 3.38. The van der Waals surface area contributed by atoms with E-state index in [1.165, 1.54) is 4.80 Å². The van der Waals surface area contributed by atoms with E-state index >= 15 is 0 Å². The van der Waals surface area contributed by atoms with Gasteiger partial charge in [0.1, 0.15) is 0 Å². The van der Waals surface area contributed by atoms with Crippen molar-refractivity contribution < 1.29 is 4.79 Å². The highest BCUT2D eigenvalue weighted by molar-refractivity contribution is 6.30. The molecule has 7 nitrogen and oxygen atoms in total. The summed E-state index contributed by atoms with van der Waals surface area (Å²) in [7, 11) is 2.15. The lowest BCUT2D eigenvalue weighted by molar-refractivity contribution is 0.0931. The molecule has 0 radical (unpaired) electrons. The van der Waals surface area contributed by atoms with Crippen molar-refractivity contribution in [2.24, 2.45) is 5.92 Å². The van der Waals surface area contributed by atoms with E-state index in [9.17, 15) is 4.79 Å². The van der Waals surface area contributed by atoms with Crippen LogP contribution in [0.5, 0.6) is 0 Å². The highest BCUT2D eigenvalue weighted by Gasteiger charge is 2.19. The molecule has 1 fully saturated rings. The van der Waals surface area contributed by atoms with Crippen LogP contribution in [0.4, 0.5) is 0 Å². The number of carbonyl (C=O) groups excluding carboxylic acids is 1. The Morgan fingerprint density at radius 2 is 2.00 bits per heavy atom. The second-order valence-corrected chi connectivity index (χ2v) is 7.76. The van der Waals surface area contributed by atoms with Crippen molar-refractivity contribution in [3.8, 4) is 5.69 Å². The standard InChI is InChI=1S/C19H27ClN6O/c1-14(13-25-9-7-24(3)8-10-25)12-21-19(27)18-15(2)22-26(23-18)17-6-4-5-16(20)11-17/h4-6,11,14H,7-10,12-13H2,1-3H3,(H,21,27). The number of halogens is 1. The van der Waals surface area contributed by atoms with Gasteiger partial charge in [-0.1, -0.05) is 24.6 Å². The van der Waals surface area contributed by atoms with E-state index in [0.29, 0.717) is 28.9 Å². The lowest BCUT2D eigenvalue weighted by atomic mass is 10.1. The third-order valence-electron chi connectivity index (χ3n) is 4.81. The van der Waals surface area contributed by atoms with Crippen molar-refractivity contribution in [1.82, 2.24) is 30.1 Å². The number of hydrogen-bond acceptors (Lipinski definition) is 5. The van der Waals surface area contributed by atoms with Crippen molar-refractivity contribution in [2.45, 2.75) is 13.8 Å². The number of nitrogens with one attached hydrogen (secondary N) is 1. The normalized spacial score (nSPS) is 17.0. The van der Waals surface area contributed by atoms with Crippen LogP contribution in [0.3, 0.4) is 0 Å². The molecule has 0 spiro atoms. The minimum Gasteiger partial charge on any atom is -0.350 e. The Balaban J connectivity index is 1.55. The summed E-state index contributed by atoms with van der Waals surface area (Å²) in [6.07, 6.45) is 0. The molecule has 2 aromatic rings. The lowest BCUT2D eigenvalue weighted by Gasteiger charge is -2.33. The first-order chi connectivity index (χ1) is 12.9. The van der Waals surface area contributed by atoms with Gasteiger partial charge in [0.15, 0.2) is 5.69 Å². The third-order valence-corrected chi connectivity index (χ3v) is 5.05. The maximum atomic E-state index is 12.5. The fourth-order valence-electron chi connectivity index (χ4n) is 3.19. The minimum absolute atomic E-state index is 0.189. The third kappa shape index (κ3) is 5.28. The largest absolute Gasteiger partial charge is 0.350 e. The van der Waals surface area contributed by atoms with E-state index < -0.39 is 0 Å². The Labute approximate surface area is 165 Å². The van der Waals surface area contributed by atoms with Crippen molar-refractivity contribution in [2.75, 3.05) is 46.3 Å². The Morgan fingerprint density at radius 1 is 1.26 bits per heavy atom. The smallest absolute Gasteiger partial charge is 0.273 e. The van der Waals surface area contributed by atoms with E-state index in [4.69, 9.17) is 11.6 Å². The summed E-state index contributed by atoms with van der Waals surface area (Å²) in [5.41, 5.74) is 1.68. The van der Waals surface area contributed by atoms with Crippen LogP contribution < -0.4 is 5.32 Å². The Morgan fingerprint density at radius 3 is 2.70 bits per heavy atom. The lowest BCUT2D eigenvalue weighted by Crippen LogP contribution is -2.47. The second-order valence-electron chi connectivity index (χ2n) is 7.32. The van der Waals surface area contributed by atoms with Crippen molar-refractivity contribution in [3.05, 3.63) is 40.7 Å². The monoisotopic (exact) mass is 390 g/mol. The van der Waals surface area contributed by atoms with Gasteiger partial charge in [-0.15, -0.1) is 5.10 Å². The Kier molecular flexibility index (Phi) is 6.46. The van der Waals surface area contributed by atoms with E-state index in [-0.39, 0.29) is 5.91 Å². The molecule has 1 atom stereocenters. The van der Waals surface area contributed by atoms with Crippen LogP contribution in [0.15, 0.2) is 24.3 Å². The number of nitrogens with zero attached hydrogens (tertiary/aromatic N) is 5. The Hall–Kier alpha value is -1.96. The maximum Gasteiger partial charge on any atom is 0.273 e. The highest BCUT2D eigenvalue weighted by Crippen LogP contribution is 2.14. The molecule has 3 rings (SSSR count). The summed E-state index contributed by atoms with van der Waals surface area (Å²) in [4.78, 5) is 18.8. The van der Waals surface area contributed by atoms with E-state index in [0.717, 1.165) is 38.4 Å². The molecule has 1 N–H and O–H groups in total. The molecule has 27 heavy (non-hydrogen) atoms. The average Bonchev–Trinajstić information content (AvgIpc) is 3.03. The zero-order valence-electron chi connectivity index (χ0n) is 16.2. The maximum absolute atomic E-state index is 12.5. The van der Waals surface area contributed by atoms with Gasteiger partial charge in [0.05, 0.1) is 11.4 Å². The fraction of sp³-hybridized carbons (Fsp3) is 0.526. The van der Waals surface area contributed by atoms with Crippen molar-refractivity contribution in [3.63, 3.8) is 0 Å². The number of aryl methyl sites for hydroxylation is 1. The zero-order valence-corrected chi connectivity index (χ0v) is 16.9. The molecule has 1 aliphatic heterocycles. The van der Waals surface area contributed by atoms with E-state index in [2.05, 4.69) is 39.3 Å². The van der Waals surface area contributed by atoms with Crippen LogP contribution in [-0.4, -0.2) is 77.0 Å². The molecule has 1 amide bonds. The molecular formula is C19H27ClN6O. The van der Waals surface area contributed by atoms with Gasteiger partial charge in [-0.3, -0.25) is 4.79 Å². The number of rotatable bonds is 6. The highest BCUT2D eigenvalue weighted by atomic mass is 35.5. The summed E-state index contributed by atoms with van der Waals surface area (Å²) in [6.45, 7) is 9.93. The number of amides is 1. The topological polar surface area (TPSA) is 66.3 Å². The average molecular weight is 391 g/mol. The predicted molar refractivity (Wildman–Crippen MR) is 107 cm³/mol. The van der Waals surface area contributed by atoms with Gasteiger partial charge < -0.3 is 15.1 Å². The molecule has 0 bridgehead atoms. The first-order valence-electron chi connectivity index (χ1n) is 9.31. The van der Waals surface area contributed by atoms with Crippen LogP contribution in [0.1, 0.15) is 23.1 Å². The molecule has 1 aromatic carbocycles. The van der Waals surface area contributed by atoms with Crippen LogP contribution >= 0.6 is 11.6 Å². The van der Waals surface area contributed by atoms with Crippen LogP contribution in [0.2, 0.25) is 5.02 Å². The Bertz CT molecular complexity index is 784. The molecule has 0 aliphatic carbocycles. The van der Waals surface area contributed by atoms with Crippen molar-refractivity contribution >= 4 is 17.5 Å². The molecule has 0 saturated carbocycles. The van der Waals surface area contributed by atoms with Gasteiger partial charge >= 0.3 is 0 Å². The van der Waals surface area contributed by atoms with E-state index in [1.807, 2.05) is 12.1 Å². The van der Waals surface area contributed by atoms with E-state index in [1.54, 1.807) is 19.1 Å². The molecule has 1 aliphatic rings. The van der Waals surface area contributed by atoms with Gasteiger partial charge in [0.2, 0.25) is 0 Å². The zero-order chi connectivity index (χ0) is 19.4. The first-order valence-corrected chi connectivity index (χ1v) is 9.69. The number of carbonyl (C=O) groups is 1. The molecule has 1 saturated heterocycles. The van der Waals surface area contributed by atoms with Gasteiger partial charge in [0, 0.05) is 44.3 Å². The second kappa shape index (κ2) is 8.82. The summed E-state index contributed by atoms with van der Waals surface area (Å²) >= 11 is 6.02. The summed E-state index contributed by atoms with van der Waals surface area (Å²) in [5, 5.41) is 12.3. The van der Waals surface area contributed by atoms with Gasteiger partial charge in [-0.2, -0.15) is 9.90 Å². The molecular weight excluding hydrogens is 364 g/mol. The summed E-state index contributed by atoms with van der Waals surface area (Å²) in [5.74, 6) is 0.187. The first kappa shape index (κ1) is 19.8. The van der Waals surface area contributed by atoms with Gasteiger partial charge in [-0.05, 0) is 38.1 Å². The molecule has 146 valence electrons. The molecule has 1 unspecified atom stereocenters. The van der Waals surface area contributed by atoms with Crippen molar-refractivity contribution in [1.29, 1.82) is 0 Å². The van der Waals surface area contributed by atoms with Gasteiger partial charge in [-0.25, -0.2) is 0 Å².